The molecule has 3 aromatic heterocycles. The molecule has 1 aliphatic carbocycles. The number of nitriles is 1. The van der Waals surface area contributed by atoms with Crippen LogP contribution in [0, 0.1) is 33.9 Å². The van der Waals surface area contributed by atoms with Crippen molar-refractivity contribution >= 4 is 51.2 Å². The van der Waals surface area contributed by atoms with Gasteiger partial charge >= 0.3 is 6.03 Å². The molecule has 1 saturated carbocycles. The average molecular weight is 827 g/mol. The summed E-state index contributed by atoms with van der Waals surface area (Å²) in [6, 6.07) is 15.7. The molecule has 6 heterocycles. The molecule has 316 valence electrons. The standard InChI is InChI=1S/C46H51FN10O4/c1-45(2)42(46(3,4)43(45)61-37-10-8-30(25-48)39-32(37)6-5-17-49-39)53-41(59)29-7-9-36(34(47)24-29)55-21-12-28(13-22-55)27-54-19-14-31(15-20-54)57-35-11-18-50-40(33(35)26-51-57)56-23-16-38(58)52-44(56)60/h5-11,17-18,24,26,28,31,42-43H,12-16,19-23,27H2,1-4H3,(H,53,59)(H,52,58,60). The van der Waals surface area contributed by atoms with E-state index >= 15 is 4.39 Å². The largest absolute Gasteiger partial charge is 0.488 e. The van der Waals surface area contributed by atoms with Gasteiger partial charge in [0.25, 0.3) is 5.91 Å². The lowest BCUT2D eigenvalue weighted by atomic mass is 9.49. The highest BCUT2D eigenvalue weighted by Gasteiger charge is 2.64. The van der Waals surface area contributed by atoms with E-state index in [2.05, 4.69) is 68.8 Å². The van der Waals surface area contributed by atoms with E-state index in [0.29, 0.717) is 34.3 Å². The van der Waals surface area contributed by atoms with Gasteiger partial charge in [0.05, 0.1) is 39.9 Å². The highest BCUT2D eigenvalue weighted by Crippen LogP contribution is 2.56. The van der Waals surface area contributed by atoms with Gasteiger partial charge in [0.1, 0.15) is 29.6 Å². The van der Waals surface area contributed by atoms with E-state index < -0.39 is 22.7 Å². The highest BCUT2D eigenvalue weighted by molar-refractivity contribution is 6.08. The molecule has 5 aromatic rings. The van der Waals surface area contributed by atoms with Gasteiger partial charge in [-0.1, -0.05) is 27.7 Å². The molecule has 0 bridgehead atoms. The predicted molar refractivity (Wildman–Crippen MR) is 229 cm³/mol. The van der Waals surface area contributed by atoms with Gasteiger partial charge in [-0.05, 0) is 80.1 Å². The number of imide groups is 1. The monoisotopic (exact) mass is 826 g/mol. The van der Waals surface area contributed by atoms with Crippen LogP contribution in [0.1, 0.15) is 81.8 Å². The number of hydrogen-bond donors (Lipinski definition) is 2. The van der Waals surface area contributed by atoms with Crippen LogP contribution in [0.15, 0.2) is 67.1 Å². The van der Waals surface area contributed by atoms with Crippen molar-refractivity contribution in [2.45, 2.75) is 78.0 Å². The number of likely N-dealkylation sites (tertiary alicyclic amines) is 1. The molecule has 4 amide bonds. The minimum Gasteiger partial charge on any atom is -0.488 e. The number of carbonyl (C=O) groups excluding carboxylic acids is 3. The zero-order valence-corrected chi connectivity index (χ0v) is 35.0. The molecule has 4 aliphatic rings. The molecule has 9 rings (SSSR count). The maximum atomic E-state index is 15.8. The summed E-state index contributed by atoms with van der Waals surface area (Å²) in [5.41, 5.74) is 1.92. The number of carbonyl (C=O) groups is 3. The fraction of sp³-hybridized carbons (Fsp3) is 0.457. The topological polar surface area (TPSA) is 162 Å². The number of hydrogen-bond acceptors (Lipinski definition) is 10. The minimum absolute atomic E-state index is 0.229. The molecule has 3 saturated heterocycles. The van der Waals surface area contributed by atoms with Crippen LogP contribution in [-0.4, -0.2) is 93.9 Å². The van der Waals surface area contributed by atoms with Crippen molar-refractivity contribution in [2.75, 3.05) is 49.1 Å². The van der Waals surface area contributed by atoms with Gasteiger partial charge in [-0.25, -0.2) is 14.2 Å². The van der Waals surface area contributed by atoms with Crippen LogP contribution in [0.4, 0.5) is 20.7 Å². The first-order valence-corrected chi connectivity index (χ1v) is 21.3. The highest BCUT2D eigenvalue weighted by atomic mass is 19.1. The molecular weight excluding hydrogens is 776 g/mol. The smallest absolute Gasteiger partial charge is 0.329 e. The summed E-state index contributed by atoms with van der Waals surface area (Å²) in [7, 11) is 0. The Hall–Kier alpha value is -6.14. The molecule has 4 fully saturated rings. The molecule has 14 nitrogen and oxygen atoms in total. The summed E-state index contributed by atoms with van der Waals surface area (Å²) in [6.45, 7) is 13.0. The van der Waals surface area contributed by atoms with Gasteiger partial charge in [-0.15, -0.1) is 0 Å². The van der Waals surface area contributed by atoms with Gasteiger partial charge in [0, 0.05) is 85.9 Å². The van der Waals surface area contributed by atoms with E-state index in [-0.39, 0.29) is 48.5 Å². The zero-order chi connectivity index (χ0) is 42.6. The van der Waals surface area contributed by atoms with Crippen LogP contribution in [0.25, 0.3) is 21.8 Å². The summed E-state index contributed by atoms with van der Waals surface area (Å²) in [5, 5.41) is 21.4. The van der Waals surface area contributed by atoms with Gasteiger partial charge in [0.2, 0.25) is 5.91 Å². The molecular formula is C46H51FN10O4. The molecule has 0 spiro atoms. The average Bonchev–Trinajstić information content (AvgIpc) is 3.70. The van der Waals surface area contributed by atoms with Gasteiger partial charge in [-0.3, -0.25) is 29.5 Å². The summed E-state index contributed by atoms with van der Waals surface area (Å²) in [6.07, 6.45) is 8.94. The summed E-state index contributed by atoms with van der Waals surface area (Å²) >= 11 is 0. The first kappa shape index (κ1) is 40.3. The lowest BCUT2D eigenvalue weighted by Gasteiger charge is -2.63. The van der Waals surface area contributed by atoms with Crippen molar-refractivity contribution in [3.63, 3.8) is 0 Å². The zero-order valence-electron chi connectivity index (χ0n) is 35.0. The first-order valence-electron chi connectivity index (χ1n) is 21.3. The molecule has 2 N–H and O–H groups in total. The van der Waals surface area contributed by atoms with Crippen molar-refractivity contribution in [1.82, 2.24) is 35.3 Å². The molecule has 0 radical (unpaired) electrons. The maximum Gasteiger partial charge on any atom is 0.329 e. The Balaban J connectivity index is 0.765. The van der Waals surface area contributed by atoms with Gasteiger partial charge in [-0.2, -0.15) is 10.4 Å². The van der Waals surface area contributed by atoms with Crippen LogP contribution in [0.5, 0.6) is 5.75 Å². The molecule has 15 heteroatoms. The number of urea groups is 1. The number of rotatable bonds is 9. The third-order valence-corrected chi connectivity index (χ3v) is 13.6. The first-order chi connectivity index (χ1) is 29.3. The number of ether oxygens (including phenoxy) is 1. The van der Waals surface area contributed by atoms with Crippen LogP contribution in [0.2, 0.25) is 0 Å². The summed E-state index contributed by atoms with van der Waals surface area (Å²) < 4.78 is 24.5. The Morgan fingerprint density at radius 1 is 0.951 bits per heavy atom. The second kappa shape index (κ2) is 15.7. The van der Waals surface area contributed by atoms with Crippen molar-refractivity contribution in [3.05, 3.63) is 84.1 Å². The summed E-state index contributed by atoms with van der Waals surface area (Å²) in [5.74, 6) is 0.675. The number of benzene rings is 2. The second-order valence-corrected chi connectivity index (χ2v) is 18.2. The SMILES string of the molecule is CC1(C)C(NC(=O)c2ccc(N3CCC(CN4CCC(n5ncc6c(N7CCC(=O)NC7=O)nccc65)CC4)CC3)c(F)c2)C(C)(C)C1Oc1ccc(C#N)c2ncccc12. The number of nitrogens with one attached hydrogen (secondary N) is 2. The van der Waals surface area contributed by atoms with E-state index in [1.165, 1.54) is 11.0 Å². The lowest BCUT2D eigenvalue weighted by molar-refractivity contribution is -0.163. The van der Waals surface area contributed by atoms with E-state index in [1.807, 2.05) is 24.3 Å². The number of pyridine rings is 2. The Morgan fingerprint density at radius 2 is 1.72 bits per heavy atom. The van der Waals surface area contributed by atoms with E-state index in [1.54, 1.807) is 36.8 Å². The van der Waals surface area contributed by atoms with Crippen LogP contribution in [-0.2, 0) is 4.79 Å². The predicted octanol–water partition coefficient (Wildman–Crippen LogP) is 6.60. The Bertz CT molecular complexity index is 2550. The van der Waals surface area contributed by atoms with Crippen LogP contribution < -0.4 is 25.2 Å². The van der Waals surface area contributed by atoms with E-state index in [0.717, 1.165) is 74.7 Å². The van der Waals surface area contributed by atoms with Crippen molar-refractivity contribution in [3.8, 4) is 11.8 Å². The molecule has 2 aromatic carbocycles. The molecule has 61 heavy (non-hydrogen) atoms. The number of halogens is 1. The Labute approximate surface area is 354 Å². The van der Waals surface area contributed by atoms with Crippen LogP contribution >= 0.6 is 0 Å². The summed E-state index contributed by atoms with van der Waals surface area (Å²) in [4.78, 5) is 52.9. The maximum absolute atomic E-state index is 15.8. The number of fused-ring (bicyclic) bond motifs is 2. The fourth-order valence-electron chi connectivity index (χ4n) is 10.7. The number of aromatic nitrogens is 4. The van der Waals surface area contributed by atoms with Crippen LogP contribution in [0.3, 0.4) is 0 Å². The number of piperidine rings is 2. The normalized spacial score (nSPS) is 22.2. The third-order valence-electron chi connectivity index (χ3n) is 13.6. The van der Waals surface area contributed by atoms with Gasteiger partial charge < -0.3 is 19.9 Å². The Morgan fingerprint density at radius 3 is 2.44 bits per heavy atom. The van der Waals surface area contributed by atoms with E-state index in [9.17, 15) is 19.6 Å². The second-order valence-electron chi connectivity index (χ2n) is 18.2. The number of anilines is 2. The Kier molecular flexibility index (Phi) is 10.4. The van der Waals surface area contributed by atoms with Crippen molar-refractivity contribution in [1.29, 1.82) is 5.26 Å². The minimum atomic E-state index is -0.458. The quantitative estimate of drug-likeness (QED) is 0.166. The van der Waals surface area contributed by atoms with Gasteiger partial charge in [0.15, 0.2) is 0 Å². The van der Waals surface area contributed by atoms with Crippen molar-refractivity contribution in [2.24, 2.45) is 16.7 Å². The molecule has 0 unspecified atom stereocenters. The third kappa shape index (κ3) is 7.30. The lowest BCUT2D eigenvalue weighted by Crippen LogP contribution is -2.74. The van der Waals surface area contributed by atoms with E-state index in [4.69, 9.17) is 9.84 Å². The number of nitrogens with zero attached hydrogens (tertiary/aromatic N) is 8. The number of amides is 4. The molecule has 3 aliphatic heterocycles. The molecule has 0 atom stereocenters. The fourth-order valence-corrected chi connectivity index (χ4v) is 10.7. The van der Waals surface area contributed by atoms with Crippen molar-refractivity contribution < 1.29 is 23.5 Å².